The molecule has 7 heteroatoms. The molecule has 0 amide bonds. The molecular weight excluding hydrogens is 443 g/mol. The number of nitrogens with one attached hydrogen (secondary N) is 1. The number of methoxy groups -OCH3 is 2. The van der Waals surface area contributed by atoms with Crippen molar-refractivity contribution in [3.8, 4) is 11.5 Å². The summed E-state index contributed by atoms with van der Waals surface area (Å²) in [5.41, 5.74) is 2.34. The molecule has 1 N–H and O–H groups in total. The summed E-state index contributed by atoms with van der Waals surface area (Å²) in [5, 5.41) is 3.41. The summed E-state index contributed by atoms with van der Waals surface area (Å²) in [7, 11) is 9.24. The Kier molecular flexibility index (Phi) is 9.32. The molecule has 6 nitrogen and oxygen atoms in total. The van der Waals surface area contributed by atoms with Crippen LogP contribution in [-0.4, -0.2) is 50.3 Å². The maximum Gasteiger partial charge on any atom is 0.193 e. The van der Waals surface area contributed by atoms with E-state index in [0.717, 1.165) is 42.5 Å². The Morgan fingerprint density at radius 2 is 2.00 bits per heavy atom. The van der Waals surface area contributed by atoms with Gasteiger partial charge in [-0.05, 0) is 42.3 Å². The van der Waals surface area contributed by atoms with Gasteiger partial charge in [0, 0.05) is 39.6 Å². The summed E-state index contributed by atoms with van der Waals surface area (Å²) < 4.78 is 12.8. The number of benzene rings is 1. The van der Waals surface area contributed by atoms with Crippen LogP contribution in [0.1, 0.15) is 11.3 Å². The Morgan fingerprint density at radius 3 is 2.58 bits per heavy atom. The predicted molar refractivity (Wildman–Crippen MR) is 117 cm³/mol. The number of ether oxygens (including phenoxy) is 2. The third-order valence-electron chi connectivity index (χ3n) is 4.19. The number of halogens is 1. The van der Waals surface area contributed by atoms with Gasteiger partial charge in [0.1, 0.15) is 11.5 Å². The number of aryl methyl sites for hydroxylation is 1. The average Bonchev–Trinajstić information content (AvgIpc) is 3.03. The molecule has 0 spiro atoms. The molecule has 26 heavy (non-hydrogen) atoms. The Morgan fingerprint density at radius 1 is 1.23 bits per heavy atom. The molecule has 1 aromatic heterocycles. The fourth-order valence-electron chi connectivity index (χ4n) is 2.75. The zero-order valence-electron chi connectivity index (χ0n) is 16.2. The normalized spacial score (nSPS) is 10.9. The molecule has 0 aliphatic carbocycles. The second kappa shape index (κ2) is 10.9. The predicted octanol–water partition coefficient (Wildman–Crippen LogP) is 2.91. The van der Waals surface area contributed by atoms with E-state index in [1.54, 1.807) is 21.3 Å². The van der Waals surface area contributed by atoms with Gasteiger partial charge in [0.05, 0.1) is 20.8 Å². The van der Waals surface area contributed by atoms with E-state index in [1.807, 2.05) is 25.2 Å². The second-order valence-corrected chi connectivity index (χ2v) is 5.87. The number of aliphatic imine (C=N–C) groups is 1. The number of aromatic nitrogens is 1. The minimum Gasteiger partial charge on any atom is -0.497 e. The van der Waals surface area contributed by atoms with E-state index in [-0.39, 0.29) is 24.0 Å². The van der Waals surface area contributed by atoms with Crippen molar-refractivity contribution in [1.29, 1.82) is 0 Å². The van der Waals surface area contributed by atoms with Gasteiger partial charge >= 0.3 is 0 Å². The quantitative estimate of drug-likeness (QED) is 0.383. The Balaban J connectivity index is 0.00000338. The smallest absolute Gasteiger partial charge is 0.193 e. The van der Waals surface area contributed by atoms with Crippen LogP contribution >= 0.6 is 24.0 Å². The average molecular weight is 472 g/mol. The summed E-state index contributed by atoms with van der Waals surface area (Å²) in [4.78, 5) is 6.48. The Labute approximate surface area is 173 Å². The van der Waals surface area contributed by atoms with Crippen molar-refractivity contribution in [2.75, 3.05) is 34.9 Å². The van der Waals surface area contributed by atoms with Crippen LogP contribution in [-0.2, 0) is 20.0 Å². The van der Waals surface area contributed by atoms with Crippen LogP contribution in [0.25, 0.3) is 0 Å². The highest BCUT2D eigenvalue weighted by molar-refractivity contribution is 14.0. The highest BCUT2D eigenvalue weighted by Gasteiger charge is 2.09. The SMILES string of the molecule is CN=C(NCCc1cc(OC)ccc1OC)N(C)Cc1cccn1C.I. The topological polar surface area (TPSA) is 51.0 Å². The molecule has 2 rings (SSSR count). The third-order valence-corrected chi connectivity index (χ3v) is 4.19. The minimum absolute atomic E-state index is 0. The van der Waals surface area contributed by atoms with Crippen molar-refractivity contribution in [3.05, 3.63) is 47.8 Å². The van der Waals surface area contributed by atoms with Crippen LogP contribution in [0.2, 0.25) is 0 Å². The van der Waals surface area contributed by atoms with E-state index in [4.69, 9.17) is 9.47 Å². The molecule has 0 atom stereocenters. The molecule has 0 radical (unpaired) electrons. The summed E-state index contributed by atoms with van der Waals surface area (Å²) in [6.07, 6.45) is 2.87. The number of rotatable bonds is 7. The number of hydrogen-bond acceptors (Lipinski definition) is 3. The van der Waals surface area contributed by atoms with Crippen molar-refractivity contribution in [2.45, 2.75) is 13.0 Å². The zero-order valence-corrected chi connectivity index (χ0v) is 18.5. The molecule has 144 valence electrons. The van der Waals surface area contributed by atoms with Crippen molar-refractivity contribution in [2.24, 2.45) is 12.0 Å². The summed E-state index contributed by atoms with van der Waals surface area (Å²) in [6, 6.07) is 10.0. The maximum absolute atomic E-state index is 5.43. The molecular formula is C19H29IN4O2. The first-order chi connectivity index (χ1) is 12.1. The molecule has 0 saturated carbocycles. The van der Waals surface area contributed by atoms with Gasteiger partial charge in [-0.1, -0.05) is 0 Å². The third kappa shape index (κ3) is 5.82. The van der Waals surface area contributed by atoms with Gasteiger partial charge in [-0.15, -0.1) is 24.0 Å². The number of hydrogen-bond donors (Lipinski definition) is 1. The largest absolute Gasteiger partial charge is 0.497 e. The van der Waals surface area contributed by atoms with E-state index < -0.39 is 0 Å². The molecule has 1 heterocycles. The summed E-state index contributed by atoms with van der Waals surface area (Å²) in [5.74, 6) is 2.57. The summed E-state index contributed by atoms with van der Waals surface area (Å²) >= 11 is 0. The molecule has 0 saturated heterocycles. The van der Waals surface area contributed by atoms with Crippen molar-refractivity contribution >= 4 is 29.9 Å². The van der Waals surface area contributed by atoms with Crippen molar-refractivity contribution in [3.63, 3.8) is 0 Å². The van der Waals surface area contributed by atoms with Crippen LogP contribution in [0.4, 0.5) is 0 Å². The highest BCUT2D eigenvalue weighted by Crippen LogP contribution is 2.24. The molecule has 0 fully saturated rings. The number of nitrogens with zero attached hydrogens (tertiary/aromatic N) is 3. The lowest BCUT2D eigenvalue weighted by molar-refractivity contribution is 0.398. The van der Waals surface area contributed by atoms with Gasteiger partial charge in [-0.3, -0.25) is 4.99 Å². The van der Waals surface area contributed by atoms with Crippen molar-refractivity contribution in [1.82, 2.24) is 14.8 Å². The monoisotopic (exact) mass is 472 g/mol. The zero-order chi connectivity index (χ0) is 18.2. The lowest BCUT2D eigenvalue weighted by atomic mass is 10.1. The van der Waals surface area contributed by atoms with E-state index in [2.05, 4.69) is 45.2 Å². The standard InChI is InChI=1S/C19H28N4O2.HI/c1-20-19(23(3)14-16-7-6-12-22(16)2)21-11-10-15-13-17(24-4)8-9-18(15)25-5;/h6-9,12-13H,10-11,14H2,1-5H3,(H,20,21);1H. The van der Waals surface area contributed by atoms with Crippen LogP contribution in [0.15, 0.2) is 41.5 Å². The highest BCUT2D eigenvalue weighted by atomic mass is 127. The van der Waals surface area contributed by atoms with Crippen LogP contribution in [0.3, 0.4) is 0 Å². The first-order valence-electron chi connectivity index (χ1n) is 8.32. The van der Waals surface area contributed by atoms with Gasteiger partial charge in [-0.2, -0.15) is 0 Å². The van der Waals surface area contributed by atoms with E-state index >= 15 is 0 Å². The second-order valence-electron chi connectivity index (χ2n) is 5.87. The van der Waals surface area contributed by atoms with E-state index in [1.165, 1.54) is 5.69 Å². The van der Waals surface area contributed by atoms with E-state index in [9.17, 15) is 0 Å². The van der Waals surface area contributed by atoms with Crippen molar-refractivity contribution < 1.29 is 9.47 Å². The minimum atomic E-state index is 0. The van der Waals surface area contributed by atoms with Gasteiger partial charge < -0.3 is 24.3 Å². The first kappa shape index (κ1) is 22.1. The molecule has 0 aliphatic heterocycles. The Bertz CT molecular complexity index is 715. The maximum atomic E-state index is 5.43. The van der Waals surface area contributed by atoms with Gasteiger partial charge in [0.25, 0.3) is 0 Å². The van der Waals surface area contributed by atoms with Gasteiger partial charge in [0.15, 0.2) is 5.96 Å². The van der Waals surface area contributed by atoms with Gasteiger partial charge in [0.2, 0.25) is 0 Å². The lowest BCUT2D eigenvalue weighted by Gasteiger charge is -2.22. The number of guanidine groups is 1. The Hall–Kier alpha value is -1.90. The molecule has 1 aromatic carbocycles. The lowest BCUT2D eigenvalue weighted by Crippen LogP contribution is -2.39. The van der Waals surface area contributed by atoms with Crippen LogP contribution < -0.4 is 14.8 Å². The fraction of sp³-hybridized carbons (Fsp3) is 0.421. The summed E-state index contributed by atoms with van der Waals surface area (Å²) in [6.45, 7) is 1.55. The van der Waals surface area contributed by atoms with E-state index in [0.29, 0.717) is 0 Å². The molecule has 0 unspecified atom stereocenters. The van der Waals surface area contributed by atoms with Crippen LogP contribution in [0.5, 0.6) is 11.5 Å². The first-order valence-corrected chi connectivity index (χ1v) is 8.32. The molecule has 0 bridgehead atoms. The fourth-order valence-corrected chi connectivity index (χ4v) is 2.75. The van der Waals surface area contributed by atoms with Gasteiger partial charge in [-0.25, -0.2) is 0 Å². The molecule has 0 aliphatic rings. The molecule has 2 aromatic rings. The van der Waals surface area contributed by atoms with Crippen LogP contribution in [0, 0.1) is 0 Å².